The van der Waals surface area contributed by atoms with Crippen LogP contribution in [0.15, 0.2) is 0 Å². The van der Waals surface area contributed by atoms with Gasteiger partial charge in [0.15, 0.2) is 0 Å². The van der Waals surface area contributed by atoms with E-state index in [1.54, 1.807) is 7.05 Å². The molecule has 0 aromatic rings. The lowest BCUT2D eigenvalue weighted by atomic mass is 9.85. The highest BCUT2D eigenvalue weighted by Gasteiger charge is 2.29. The molecule has 0 aromatic heterocycles. The Morgan fingerprint density at radius 2 is 1.86 bits per heavy atom. The van der Waals surface area contributed by atoms with Gasteiger partial charge in [-0.2, -0.15) is 0 Å². The summed E-state index contributed by atoms with van der Waals surface area (Å²) in [4.78, 5) is 24.6. The number of hydrogen-bond donors (Lipinski definition) is 3. The van der Waals surface area contributed by atoms with Crippen LogP contribution >= 0.6 is 0 Å². The van der Waals surface area contributed by atoms with Gasteiger partial charge in [0.1, 0.15) is 0 Å². The van der Waals surface area contributed by atoms with Crippen LogP contribution in [0.4, 0.5) is 0 Å². The summed E-state index contributed by atoms with van der Waals surface area (Å²) in [6.07, 6.45) is 5.73. The van der Waals surface area contributed by atoms with Crippen LogP contribution in [0.5, 0.6) is 0 Å². The van der Waals surface area contributed by atoms with Gasteiger partial charge in [0.05, 0.1) is 12.5 Å². The molecule has 1 aliphatic heterocycles. The number of amides is 1. The van der Waals surface area contributed by atoms with Gasteiger partial charge < -0.3 is 15.7 Å². The van der Waals surface area contributed by atoms with Gasteiger partial charge in [0.2, 0.25) is 5.91 Å². The number of nitrogens with one attached hydrogen (secondary N) is 2. The number of aliphatic carboxylic acids is 1. The molecule has 2 atom stereocenters. The third kappa shape index (κ3) is 4.97. The Bertz CT molecular complexity index is 367. The Morgan fingerprint density at radius 3 is 2.48 bits per heavy atom. The van der Waals surface area contributed by atoms with E-state index in [1.165, 1.54) is 0 Å². The summed E-state index contributed by atoms with van der Waals surface area (Å²) >= 11 is 0. The van der Waals surface area contributed by atoms with Crippen LogP contribution in [0.1, 0.15) is 38.5 Å². The van der Waals surface area contributed by atoms with Crippen LogP contribution in [0.3, 0.4) is 0 Å². The Labute approximate surface area is 126 Å². The normalized spacial score (nSPS) is 28.2. The molecule has 1 heterocycles. The molecule has 120 valence electrons. The Morgan fingerprint density at radius 1 is 1.14 bits per heavy atom. The van der Waals surface area contributed by atoms with Crippen LogP contribution in [-0.4, -0.2) is 60.6 Å². The molecule has 1 amide bonds. The summed E-state index contributed by atoms with van der Waals surface area (Å²) in [6, 6.07) is 0.804. The van der Waals surface area contributed by atoms with Crippen molar-refractivity contribution in [1.29, 1.82) is 0 Å². The predicted molar refractivity (Wildman–Crippen MR) is 80.0 cm³/mol. The summed E-state index contributed by atoms with van der Waals surface area (Å²) < 4.78 is 0. The second-order valence-electron chi connectivity index (χ2n) is 6.29. The molecule has 3 N–H and O–H groups in total. The van der Waals surface area contributed by atoms with Gasteiger partial charge in [-0.15, -0.1) is 0 Å². The van der Waals surface area contributed by atoms with Gasteiger partial charge in [-0.3, -0.25) is 14.5 Å². The molecular weight excluding hydrogens is 270 g/mol. The minimum Gasteiger partial charge on any atom is -0.481 e. The first-order valence-corrected chi connectivity index (χ1v) is 8.00. The highest BCUT2D eigenvalue weighted by Crippen LogP contribution is 2.25. The molecule has 2 rings (SSSR count). The topological polar surface area (TPSA) is 81.7 Å². The quantitative estimate of drug-likeness (QED) is 0.685. The van der Waals surface area contributed by atoms with Crippen LogP contribution < -0.4 is 10.6 Å². The zero-order valence-corrected chi connectivity index (χ0v) is 12.8. The number of likely N-dealkylation sites (N-methyl/N-ethyl adjacent to an activating group) is 1. The molecule has 2 unspecified atom stereocenters. The van der Waals surface area contributed by atoms with E-state index in [-0.39, 0.29) is 11.8 Å². The van der Waals surface area contributed by atoms with Crippen molar-refractivity contribution in [3.05, 3.63) is 0 Å². The molecule has 2 aliphatic rings. The molecule has 21 heavy (non-hydrogen) atoms. The van der Waals surface area contributed by atoms with Gasteiger partial charge in [-0.05, 0) is 32.1 Å². The van der Waals surface area contributed by atoms with Crippen molar-refractivity contribution >= 4 is 11.9 Å². The lowest BCUT2D eigenvalue weighted by Gasteiger charge is -2.36. The van der Waals surface area contributed by atoms with Crippen molar-refractivity contribution in [2.45, 2.75) is 50.6 Å². The van der Waals surface area contributed by atoms with Gasteiger partial charge >= 0.3 is 5.97 Å². The summed E-state index contributed by atoms with van der Waals surface area (Å²) in [7, 11) is 1.67. The van der Waals surface area contributed by atoms with E-state index in [1.807, 2.05) is 0 Å². The summed E-state index contributed by atoms with van der Waals surface area (Å²) in [5.41, 5.74) is 0. The molecule has 6 heteroatoms. The van der Waals surface area contributed by atoms with Gasteiger partial charge in [0.25, 0.3) is 0 Å². The fraction of sp³-hybridized carbons (Fsp3) is 0.867. The van der Waals surface area contributed by atoms with Gasteiger partial charge in [-0.25, -0.2) is 0 Å². The molecule has 0 bridgehead atoms. The maximum Gasteiger partial charge on any atom is 0.306 e. The van der Waals surface area contributed by atoms with Gasteiger partial charge in [0, 0.05) is 32.2 Å². The maximum absolute atomic E-state index is 11.4. The molecule has 6 nitrogen and oxygen atoms in total. The Hall–Kier alpha value is -1.14. The summed E-state index contributed by atoms with van der Waals surface area (Å²) in [5.74, 6) is -0.760. The molecule has 1 saturated heterocycles. The standard InChI is InChI=1S/C15H27N3O3/c1-16-14(19)10-18-7-5-12(6-8-18)17-13-4-2-3-11(9-13)15(20)21/h11-13,17H,2-10H2,1H3,(H,16,19)(H,20,21). The predicted octanol–water partition coefficient (Wildman–Crippen LogP) is 0.430. The van der Waals surface area contributed by atoms with E-state index in [0.29, 0.717) is 18.6 Å². The molecule has 0 radical (unpaired) electrons. The molecule has 1 aliphatic carbocycles. The van der Waals surface area contributed by atoms with E-state index in [9.17, 15) is 9.59 Å². The smallest absolute Gasteiger partial charge is 0.306 e. The number of nitrogens with zero attached hydrogens (tertiary/aromatic N) is 1. The van der Waals surface area contributed by atoms with Crippen LogP contribution in [0.25, 0.3) is 0 Å². The van der Waals surface area contributed by atoms with Gasteiger partial charge in [-0.1, -0.05) is 6.42 Å². The third-order valence-corrected chi connectivity index (χ3v) is 4.73. The number of carbonyl (C=O) groups excluding carboxylic acids is 1. The second-order valence-corrected chi connectivity index (χ2v) is 6.29. The highest BCUT2D eigenvalue weighted by atomic mass is 16.4. The van der Waals surface area contributed by atoms with Crippen molar-refractivity contribution in [3.8, 4) is 0 Å². The van der Waals surface area contributed by atoms with E-state index in [0.717, 1.165) is 51.6 Å². The largest absolute Gasteiger partial charge is 0.481 e. The lowest BCUT2D eigenvalue weighted by molar-refractivity contribution is -0.143. The van der Waals surface area contributed by atoms with E-state index in [2.05, 4.69) is 15.5 Å². The number of carbonyl (C=O) groups is 2. The van der Waals surface area contributed by atoms with Crippen LogP contribution in [-0.2, 0) is 9.59 Å². The van der Waals surface area contributed by atoms with Crippen molar-refractivity contribution in [3.63, 3.8) is 0 Å². The van der Waals surface area contributed by atoms with Crippen LogP contribution in [0.2, 0.25) is 0 Å². The highest BCUT2D eigenvalue weighted by molar-refractivity contribution is 5.77. The number of likely N-dealkylation sites (tertiary alicyclic amines) is 1. The minimum absolute atomic E-state index is 0.0676. The Balaban J connectivity index is 1.71. The SMILES string of the molecule is CNC(=O)CN1CCC(NC2CCCC(C(=O)O)C2)CC1. The molecule has 1 saturated carbocycles. The van der Waals surface area contributed by atoms with Crippen molar-refractivity contribution in [2.75, 3.05) is 26.7 Å². The van der Waals surface area contributed by atoms with Crippen molar-refractivity contribution < 1.29 is 14.7 Å². The average Bonchev–Trinajstić information content (AvgIpc) is 2.49. The zero-order chi connectivity index (χ0) is 15.2. The summed E-state index contributed by atoms with van der Waals surface area (Å²) in [5, 5.41) is 15.4. The number of carboxylic acids is 1. The van der Waals surface area contributed by atoms with Crippen LogP contribution in [0, 0.1) is 5.92 Å². The first-order chi connectivity index (χ1) is 10.1. The third-order valence-electron chi connectivity index (χ3n) is 4.73. The second kappa shape index (κ2) is 7.75. The fourth-order valence-corrected chi connectivity index (χ4v) is 3.44. The van der Waals surface area contributed by atoms with E-state index < -0.39 is 5.97 Å². The summed E-state index contributed by atoms with van der Waals surface area (Å²) in [6.45, 7) is 2.34. The van der Waals surface area contributed by atoms with E-state index in [4.69, 9.17) is 5.11 Å². The molecule has 0 aromatic carbocycles. The monoisotopic (exact) mass is 297 g/mol. The van der Waals surface area contributed by atoms with Crippen molar-refractivity contribution in [1.82, 2.24) is 15.5 Å². The molecule has 2 fully saturated rings. The fourth-order valence-electron chi connectivity index (χ4n) is 3.44. The average molecular weight is 297 g/mol. The number of hydrogen-bond acceptors (Lipinski definition) is 4. The lowest BCUT2D eigenvalue weighted by Crippen LogP contribution is -2.49. The zero-order valence-electron chi connectivity index (χ0n) is 12.8. The molecular formula is C15H27N3O3. The first-order valence-electron chi connectivity index (χ1n) is 8.00. The molecule has 0 spiro atoms. The minimum atomic E-state index is -0.651. The van der Waals surface area contributed by atoms with E-state index >= 15 is 0 Å². The number of carboxylic acid groups (broad SMARTS) is 1. The Kier molecular flexibility index (Phi) is 5.99. The van der Waals surface area contributed by atoms with Crippen molar-refractivity contribution in [2.24, 2.45) is 5.92 Å². The first kappa shape index (κ1) is 16.2. The number of rotatable bonds is 5. The maximum atomic E-state index is 11.4. The number of piperidine rings is 1.